The Bertz CT molecular complexity index is 438. The first-order valence-corrected chi connectivity index (χ1v) is 6.21. The number of rotatable bonds is 6. The topological polar surface area (TPSA) is 56.5 Å². The first-order chi connectivity index (χ1) is 8.70. The highest BCUT2D eigenvalue weighted by Gasteiger charge is 2.27. The van der Waals surface area contributed by atoms with E-state index in [9.17, 15) is 5.11 Å². The van der Waals surface area contributed by atoms with E-state index >= 15 is 0 Å². The van der Waals surface area contributed by atoms with Crippen molar-refractivity contribution in [1.29, 1.82) is 5.26 Å². The number of para-hydroxylation sites is 1. The zero-order valence-electron chi connectivity index (χ0n) is 10.5. The molecule has 1 N–H and O–H groups in total. The molecule has 1 aliphatic rings. The molecule has 0 aromatic heterocycles. The van der Waals surface area contributed by atoms with Gasteiger partial charge >= 0.3 is 0 Å². The van der Waals surface area contributed by atoms with Crippen LogP contribution in [0.4, 0.5) is 0 Å². The predicted molar refractivity (Wildman–Crippen MR) is 68.3 cm³/mol. The zero-order valence-corrected chi connectivity index (χ0v) is 10.5. The summed E-state index contributed by atoms with van der Waals surface area (Å²) in [6, 6.07) is 9.77. The monoisotopic (exact) mass is 246 g/mol. The molecular formula is C14H18N2O2. The number of nitriles is 1. The fourth-order valence-electron chi connectivity index (χ4n) is 1.92. The number of likely N-dealkylation sites (N-methyl/N-ethyl adjacent to an activating group) is 1. The van der Waals surface area contributed by atoms with Gasteiger partial charge in [-0.1, -0.05) is 12.1 Å². The molecule has 0 spiro atoms. The molecule has 0 heterocycles. The molecule has 4 nitrogen and oxygen atoms in total. The number of ether oxygens (including phenoxy) is 1. The van der Waals surface area contributed by atoms with Gasteiger partial charge in [0, 0.05) is 12.6 Å². The number of nitrogens with zero attached hydrogens (tertiary/aromatic N) is 2. The van der Waals surface area contributed by atoms with Gasteiger partial charge in [0.1, 0.15) is 24.5 Å². The standard InChI is InChI=1S/C14H18N2O2/c1-16(12-6-7-12)9-13(17)10-18-14-5-3-2-4-11(14)8-15/h2-5,12-13,17H,6-7,9-10H2,1H3. The van der Waals surface area contributed by atoms with E-state index in [0.717, 1.165) is 0 Å². The summed E-state index contributed by atoms with van der Waals surface area (Å²) in [7, 11) is 2.02. The highest BCUT2D eigenvalue weighted by atomic mass is 16.5. The van der Waals surface area contributed by atoms with E-state index in [1.165, 1.54) is 12.8 Å². The molecule has 96 valence electrons. The molecule has 1 saturated carbocycles. The van der Waals surface area contributed by atoms with Crippen LogP contribution >= 0.6 is 0 Å². The Morgan fingerprint density at radius 3 is 2.89 bits per heavy atom. The van der Waals surface area contributed by atoms with Crippen molar-refractivity contribution < 1.29 is 9.84 Å². The number of hydrogen-bond acceptors (Lipinski definition) is 4. The van der Waals surface area contributed by atoms with E-state index in [-0.39, 0.29) is 6.61 Å². The minimum Gasteiger partial charge on any atom is -0.489 e. The lowest BCUT2D eigenvalue weighted by Crippen LogP contribution is -2.34. The molecule has 2 rings (SSSR count). The van der Waals surface area contributed by atoms with Gasteiger partial charge in [0.25, 0.3) is 0 Å². The number of aliphatic hydroxyl groups is 1. The van der Waals surface area contributed by atoms with Crippen LogP contribution in [0.5, 0.6) is 5.75 Å². The van der Waals surface area contributed by atoms with Crippen molar-refractivity contribution in [3.05, 3.63) is 29.8 Å². The molecule has 0 saturated heterocycles. The molecule has 0 radical (unpaired) electrons. The fraction of sp³-hybridized carbons (Fsp3) is 0.500. The van der Waals surface area contributed by atoms with Crippen LogP contribution in [0.3, 0.4) is 0 Å². The second-order valence-corrected chi connectivity index (χ2v) is 4.74. The Labute approximate surface area is 107 Å². The van der Waals surface area contributed by atoms with Crippen LogP contribution in [0, 0.1) is 11.3 Å². The summed E-state index contributed by atoms with van der Waals surface area (Å²) in [6.45, 7) is 0.829. The third kappa shape index (κ3) is 3.46. The van der Waals surface area contributed by atoms with Gasteiger partial charge in [-0.05, 0) is 32.0 Å². The average molecular weight is 246 g/mol. The Morgan fingerprint density at radius 1 is 1.50 bits per heavy atom. The summed E-state index contributed by atoms with van der Waals surface area (Å²) >= 11 is 0. The third-order valence-corrected chi connectivity index (χ3v) is 3.11. The van der Waals surface area contributed by atoms with Crippen LogP contribution < -0.4 is 4.74 Å². The molecule has 1 atom stereocenters. The van der Waals surface area contributed by atoms with Crippen molar-refractivity contribution in [3.63, 3.8) is 0 Å². The van der Waals surface area contributed by atoms with Crippen molar-refractivity contribution in [2.45, 2.75) is 25.0 Å². The van der Waals surface area contributed by atoms with E-state index in [1.807, 2.05) is 13.1 Å². The van der Waals surface area contributed by atoms with Crippen molar-refractivity contribution in [1.82, 2.24) is 4.90 Å². The predicted octanol–water partition coefficient (Wildman–Crippen LogP) is 1.39. The number of aliphatic hydroxyl groups excluding tert-OH is 1. The molecule has 0 amide bonds. The highest BCUT2D eigenvalue weighted by Crippen LogP contribution is 2.25. The van der Waals surface area contributed by atoms with Crippen LogP contribution in [0.2, 0.25) is 0 Å². The summed E-state index contributed by atoms with van der Waals surface area (Å²) < 4.78 is 5.49. The largest absolute Gasteiger partial charge is 0.489 e. The van der Waals surface area contributed by atoms with Gasteiger partial charge in [0.15, 0.2) is 0 Å². The molecule has 1 fully saturated rings. The van der Waals surface area contributed by atoms with E-state index < -0.39 is 6.10 Å². The van der Waals surface area contributed by atoms with Crippen LogP contribution in [0.15, 0.2) is 24.3 Å². The minimum absolute atomic E-state index is 0.218. The van der Waals surface area contributed by atoms with Crippen molar-refractivity contribution >= 4 is 0 Å². The second-order valence-electron chi connectivity index (χ2n) is 4.74. The molecule has 18 heavy (non-hydrogen) atoms. The van der Waals surface area contributed by atoms with Crippen molar-refractivity contribution in [2.24, 2.45) is 0 Å². The average Bonchev–Trinajstić information content (AvgIpc) is 3.21. The van der Waals surface area contributed by atoms with Crippen LogP contribution in [0.1, 0.15) is 18.4 Å². The van der Waals surface area contributed by atoms with Gasteiger partial charge in [-0.15, -0.1) is 0 Å². The Hall–Kier alpha value is -1.57. The first-order valence-electron chi connectivity index (χ1n) is 6.21. The molecule has 1 unspecified atom stereocenters. The lowest BCUT2D eigenvalue weighted by atomic mass is 10.2. The second kappa shape index (κ2) is 5.85. The Morgan fingerprint density at radius 2 is 2.22 bits per heavy atom. The maximum absolute atomic E-state index is 9.87. The Kier molecular flexibility index (Phi) is 4.19. The summed E-state index contributed by atoms with van der Waals surface area (Å²) in [5.41, 5.74) is 0.500. The van der Waals surface area contributed by atoms with Gasteiger partial charge in [0.2, 0.25) is 0 Å². The lowest BCUT2D eigenvalue weighted by molar-refractivity contribution is 0.0741. The zero-order chi connectivity index (χ0) is 13.0. The molecule has 4 heteroatoms. The van der Waals surface area contributed by atoms with Gasteiger partial charge in [-0.3, -0.25) is 0 Å². The first kappa shape index (κ1) is 12.9. The van der Waals surface area contributed by atoms with E-state index in [2.05, 4.69) is 11.0 Å². The molecule has 0 aliphatic heterocycles. The summed E-state index contributed by atoms with van der Waals surface area (Å²) in [6.07, 6.45) is 1.92. The number of hydrogen-bond donors (Lipinski definition) is 1. The third-order valence-electron chi connectivity index (χ3n) is 3.11. The van der Waals surface area contributed by atoms with E-state index in [0.29, 0.717) is 23.9 Å². The summed E-state index contributed by atoms with van der Waals surface area (Å²) in [5.74, 6) is 0.535. The molecular weight excluding hydrogens is 228 g/mol. The van der Waals surface area contributed by atoms with Gasteiger partial charge in [0.05, 0.1) is 5.56 Å². The van der Waals surface area contributed by atoms with Crippen LogP contribution in [-0.2, 0) is 0 Å². The van der Waals surface area contributed by atoms with Gasteiger partial charge in [-0.2, -0.15) is 5.26 Å². The molecule has 1 aromatic carbocycles. The highest BCUT2D eigenvalue weighted by molar-refractivity contribution is 5.42. The molecule has 1 aliphatic carbocycles. The normalized spacial score (nSPS) is 16.3. The van der Waals surface area contributed by atoms with E-state index in [1.54, 1.807) is 18.2 Å². The van der Waals surface area contributed by atoms with Gasteiger partial charge in [-0.25, -0.2) is 0 Å². The van der Waals surface area contributed by atoms with Crippen LogP contribution in [-0.4, -0.2) is 42.4 Å². The number of benzene rings is 1. The Balaban J connectivity index is 1.81. The fourth-order valence-corrected chi connectivity index (χ4v) is 1.92. The SMILES string of the molecule is CN(CC(O)COc1ccccc1C#N)C1CC1. The molecule has 1 aromatic rings. The lowest BCUT2D eigenvalue weighted by Gasteiger charge is -2.20. The summed E-state index contributed by atoms with van der Waals surface area (Å²) in [4.78, 5) is 2.16. The maximum Gasteiger partial charge on any atom is 0.137 e. The molecule has 0 bridgehead atoms. The maximum atomic E-state index is 9.87. The minimum atomic E-state index is -0.526. The van der Waals surface area contributed by atoms with Crippen LogP contribution in [0.25, 0.3) is 0 Å². The van der Waals surface area contributed by atoms with Gasteiger partial charge < -0.3 is 14.7 Å². The van der Waals surface area contributed by atoms with Crippen molar-refractivity contribution in [3.8, 4) is 11.8 Å². The van der Waals surface area contributed by atoms with E-state index in [4.69, 9.17) is 10.00 Å². The smallest absolute Gasteiger partial charge is 0.137 e. The summed E-state index contributed by atoms with van der Waals surface area (Å²) in [5, 5.41) is 18.8. The quantitative estimate of drug-likeness (QED) is 0.824. The van der Waals surface area contributed by atoms with Crippen molar-refractivity contribution in [2.75, 3.05) is 20.2 Å².